The molecule has 96 valence electrons. The molecular weight excluding hydrogens is 262 g/mol. The van der Waals surface area contributed by atoms with Crippen LogP contribution in [-0.4, -0.2) is 17.3 Å². The predicted octanol–water partition coefficient (Wildman–Crippen LogP) is 3.06. The average molecular weight is 273 g/mol. The topological polar surface area (TPSA) is 74.2 Å². The maximum Gasteiger partial charge on any atom is 0.270 e. The molecule has 0 fully saturated rings. The Kier molecular flexibility index (Phi) is 2.92. The molecule has 2 heterocycles. The molecule has 5 nitrogen and oxygen atoms in total. The monoisotopic (exact) mass is 273 g/mol. The quantitative estimate of drug-likeness (QED) is 0.793. The molecule has 2 aromatic heterocycles. The number of nitrogens with zero attached hydrogens (tertiary/aromatic N) is 2. The lowest BCUT2D eigenvalue weighted by Crippen LogP contribution is -1.89. The second-order valence-electron chi connectivity index (χ2n) is 3.83. The van der Waals surface area contributed by atoms with E-state index in [9.17, 15) is 0 Å². The Morgan fingerprint density at radius 1 is 1.26 bits per heavy atom. The van der Waals surface area contributed by atoms with Gasteiger partial charge in [-0.25, -0.2) is 0 Å². The molecule has 0 aliphatic rings. The fourth-order valence-electron chi connectivity index (χ4n) is 1.75. The lowest BCUT2D eigenvalue weighted by Gasteiger charge is -2.02. The zero-order valence-corrected chi connectivity index (χ0v) is 11.0. The van der Waals surface area contributed by atoms with Gasteiger partial charge < -0.3 is 15.0 Å². The normalized spacial score (nSPS) is 10.6. The molecular formula is C13H11N3O2S. The third kappa shape index (κ3) is 2.06. The van der Waals surface area contributed by atoms with Crippen LogP contribution in [0.5, 0.6) is 5.75 Å². The third-order valence-electron chi connectivity index (χ3n) is 2.66. The van der Waals surface area contributed by atoms with Gasteiger partial charge in [-0.05, 0) is 23.6 Å². The van der Waals surface area contributed by atoms with Crippen molar-refractivity contribution in [2.24, 2.45) is 0 Å². The van der Waals surface area contributed by atoms with Crippen LogP contribution in [0.1, 0.15) is 0 Å². The van der Waals surface area contributed by atoms with Crippen LogP contribution in [0.4, 0.5) is 5.69 Å². The van der Waals surface area contributed by atoms with Crippen molar-refractivity contribution in [2.45, 2.75) is 0 Å². The van der Waals surface area contributed by atoms with E-state index in [0.29, 0.717) is 23.2 Å². The van der Waals surface area contributed by atoms with Crippen LogP contribution in [-0.2, 0) is 0 Å². The molecule has 0 unspecified atom stereocenters. The molecule has 3 rings (SSSR count). The van der Waals surface area contributed by atoms with Gasteiger partial charge in [-0.1, -0.05) is 17.3 Å². The zero-order chi connectivity index (χ0) is 13.2. The Bertz CT molecular complexity index is 705. The number of rotatable bonds is 3. The van der Waals surface area contributed by atoms with Crippen LogP contribution < -0.4 is 10.5 Å². The SMILES string of the molecule is COc1ccccc1-c1noc(-c2sccc2N)n1. The number of anilines is 1. The van der Waals surface area contributed by atoms with Crippen molar-refractivity contribution >= 4 is 17.0 Å². The van der Waals surface area contributed by atoms with Gasteiger partial charge in [0, 0.05) is 0 Å². The number of thiophene rings is 1. The van der Waals surface area contributed by atoms with E-state index in [1.54, 1.807) is 7.11 Å². The lowest BCUT2D eigenvalue weighted by molar-refractivity contribution is 0.413. The minimum atomic E-state index is 0.424. The molecule has 0 saturated heterocycles. The van der Waals surface area contributed by atoms with Crippen molar-refractivity contribution in [3.63, 3.8) is 0 Å². The molecule has 2 N–H and O–H groups in total. The van der Waals surface area contributed by atoms with Crippen molar-refractivity contribution in [1.82, 2.24) is 10.1 Å². The fourth-order valence-corrected chi connectivity index (χ4v) is 2.49. The van der Waals surface area contributed by atoms with E-state index in [4.69, 9.17) is 15.0 Å². The Morgan fingerprint density at radius 3 is 2.84 bits per heavy atom. The van der Waals surface area contributed by atoms with Crippen molar-refractivity contribution in [3.05, 3.63) is 35.7 Å². The van der Waals surface area contributed by atoms with Crippen LogP contribution in [0, 0.1) is 0 Å². The fraction of sp³-hybridized carbons (Fsp3) is 0.0769. The van der Waals surface area contributed by atoms with Crippen LogP contribution in [0.25, 0.3) is 22.2 Å². The summed E-state index contributed by atoms with van der Waals surface area (Å²) >= 11 is 1.47. The summed E-state index contributed by atoms with van der Waals surface area (Å²) in [6.07, 6.45) is 0. The summed E-state index contributed by atoms with van der Waals surface area (Å²) in [5.41, 5.74) is 7.26. The standard InChI is InChI=1S/C13H11N3O2S/c1-17-10-5-3-2-4-8(10)12-15-13(18-16-12)11-9(14)6-7-19-11/h2-7H,14H2,1H3. The van der Waals surface area contributed by atoms with Gasteiger partial charge >= 0.3 is 0 Å². The summed E-state index contributed by atoms with van der Waals surface area (Å²) in [5.74, 6) is 1.61. The molecule has 0 atom stereocenters. The van der Waals surface area contributed by atoms with Crippen LogP contribution in [0.3, 0.4) is 0 Å². The first-order chi connectivity index (χ1) is 9.29. The highest BCUT2D eigenvalue weighted by Crippen LogP contribution is 2.33. The number of benzene rings is 1. The number of para-hydroxylation sites is 1. The summed E-state index contributed by atoms with van der Waals surface area (Å²) < 4.78 is 10.5. The van der Waals surface area contributed by atoms with Crippen molar-refractivity contribution in [3.8, 4) is 27.9 Å². The van der Waals surface area contributed by atoms with Gasteiger partial charge in [0.2, 0.25) is 5.82 Å². The Labute approximate surface area is 113 Å². The van der Waals surface area contributed by atoms with Crippen LogP contribution in [0.15, 0.2) is 40.2 Å². The van der Waals surface area contributed by atoms with E-state index in [1.165, 1.54) is 11.3 Å². The number of ether oxygens (including phenoxy) is 1. The smallest absolute Gasteiger partial charge is 0.270 e. The van der Waals surface area contributed by atoms with E-state index < -0.39 is 0 Å². The van der Waals surface area contributed by atoms with Crippen LogP contribution >= 0.6 is 11.3 Å². The molecule has 0 bridgehead atoms. The van der Waals surface area contributed by atoms with Gasteiger partial charge in [0.05, 0.1) is 18.4 Å². The number of aromatic nitrogens is 2. The number of hydrogen-bond donors (Lipinski definition) is 1. The Balaban J connectivity index is 2.04. The predicted molar refractivity (Wildman–Crippen MR) is 74.0 cm³/mol. The molecule has 0 amide bonds. The Morgan fingerprint density at radius 2 is 2.11 bits per heavy atom. The molecule has 0 saturated carbocycles. The van der Waals surface area contributed by atoms with E-state index in [2.05, 4.69) is 10.1 Å². The first-order valence-electron chi connectivity index (χ1n) is 5.60. The van der Waals surface area contributed by atoms with E-state index >= 15 is 0 Å². The van der Waals surface area contributed by atoms with Crippen molar-refractivity contribution in [2.75, 3.05) is 12.8 Å². The van der Waals surface area contributed by atoms with Gasteiger partial charge in [0.25, 0.3) is 5.89 Å². The summed E-state index contributed by atoms with van der Waals surface area (Å²) in [7, 11) is 1.61. The number of methoxy groups -OCH3 is 1. The molecule has 0 radical (unpaired) electrons. The van der Waals surface area contributed by atoms with E-state index in [1.807, 2.05) is 35.7 Å². The maximum atomic E-state index is 5.83. The highest BCUT2D eigenvalue weighted by Gasteiger charge is 2.16. The van der Waals surface area contributed by atoms with Gasteiger partial charge in [-0.2, -0.15) is 4.98 Å². The number of nitrogen functional groups attached to an aromatic ring is 1. The minimum absolute atomic E-state index is 0.424. The second kappa shape index (κ2) is 4.74. The van der Waals surface area contributed by atoms with Gasteiger partial charge in [-0.15, -0.1) is 11.3 Å². The molecule has 0 aliphatic carbocycles. The first-order valence-corrected chi connectivity index (χ1v) is 6.48. The summed E-state index contributed by atoms with van der Waals surface area (Å²) in [4.78, 5) is 5.15. The van der Waals surface area contributed by atoms with E-state index in [-0.39, 0.29) is 0 Å². The first kappa shape index (κ1) is 11.7. The summed E-state index contributed by atoms with van der Waals surface area (Å²) in [6.45, 7) is 0. The number of nitrogens with two attached hydrogens (primary N) is 1. The third-order valence-corrected chi connectivity index (χ3v) is 3.58. The van der Waals surface area contributed by atoms with Crippen LogP contribution in [0.2, 0.25) is 0 Å². The Hall–Kier alpha value is -2.34. The summed E-state index contributed by atoms with van der Waals surface area (Å²) in [5, 5.41) is 5.86. The second-order valence-corrected chi connectivity index (χ2v) is 4.74. The minimum Gasteiger partial charge on any atom is -0.496 e. The molecule has 0 spiro atoms. The molecule has 3 aromatic rings. The van der Waals surface area contributed by atoms with Gasteiger partial charge in [-0.3, -0.25) is 0 Å². The van der Waals surface area contributed by atoms with Gasteiger partial charge in [0.15, 0.2) is 0 Å². The largest absolute Gasteiger partial charge is 0.496 e. The van der Waals surface area contributed by atoms with E-state index in [0.717, 1.165) is 10.4 Å². The average Bonchev–Trinajstić information content (AvgIpc) is 3.07. The molecule has 1 aromatic carbocycles. The van der Waals surface area contributed by atoms with Gasteiger partial charge in [0.1, 0.15) is 10.6 Å². The summed E-state index contributed by atoms with van der Waals surface area (Å²) in [6, 6.07) is 9.33. The highest BCUT2D eigenvalue weighted by atomic mass is 32.1. The zero-order valence-electron chi connectivity index (χ0n) is 10.2. The molecule has 6 heteroatoms. The molecule has 0 aliphatic heterocycles. The number of hydrogen-bond acceptors (Lipinski definition) is 6. The van der Waals surface area contributed by atoms with Crippen molar-refractivity contribution in [1.29, 1.82) is 0 Å². The molecule has 19 heavy (non-hydrogen) atoms. The van der Waals surface area contributed by atoms with Crippen molar-refractivity contribution < 1.29 is 9.26 Å². The highest BCUT2D eigenvalue weighted by molar-refractivity contribution is 7.14. The lowest BCUT2D eigenvalue weighted by atomic mass is 10.2. The maximum absolute atomic E-state index is 5.83.